The molecule has 6 nitrogen and oxygen atoms in total. The normalized spacial score (nSPS) is 31.0. The van der Waals surface area contributed by atoms with Crippen LogP contribution in [0.3, 0.4) is 0 Å². The SMILES string of the molecule is O=C(NCC1COCCN1)C1COCCO1. The zero-order chi connectivity index (χ0) is 11.2. The Bertz CT molecular complexity index is 225. The van der Waals surface area contributed by atoms with Crippen molar-refractivity contribution < 1.29 is 19.0 Å². The summed E-state index contributed by atoms with van der Waals surface area (Å²) in [5.41, 5.74) is 0. The molecule has 0 radical (unpaired) electrons. The summed E-state index contributed by atoms with van der Waals surface area (Å²) >= 11 is 0. The van der Waals surface area contributed by atoms with Crippen LogP contribution in [0, 0.1) is 0 Å². The highest BCUT2D eigenvalue weighted by Crippen LogP contribution is 2.00. The third-order valence-electron chi connectivity index (χ3n) is 2.63. The van der Waals surface area contributed by atoms with E-state index in [4.69, 9.17) is 14.2 Å². The standard InChI is InChI=1S/C10H18N2O4/c13-10(9-7-15-3-4-16-9)12-5-8-6-14-2-1-11-8/h8-9,11H,1-7H2,(H,12,13). The zero-order valence-electron chi connectivity index (χ0n) is 9.24. The molecule has 2 aliphatic heterocycles. The molecule has 2 N–H and O–H groups in total. The maximum absolute atomic E-state index is 11.7. The zero-order valence-corrected chi connectivity index (χ0v) is 9.24. The lowest BCUT2D eigenvalue weighted by molar-refractivity contribution is -0.147. The summed E-state index contributed by atoms with van der Waals surface area (Å²) in [4.78, 5) is 11.7. The summed E-state index contributed by atoms with van der Waals surface area (Å²) in [5.74, 6) is -0.105. The smallest absolute Gasteiger partial charge is 0.251 e. The van der Waals surface area contributed by atoms with E-state index in [0.717, 1.165) is 13.2 Å². The molecule has 2 fully saturated rings. The Kier molecular flexibility index (Phi) is 4.53. The first-order chi connectivity index (χ1) is 7.86. The number of carbonyl (C=O) groups is 1. The first-order valence-electron chi connectivity index (χ1n) is 5.64. The second-order valence-corrected chi connectivity index (χ2v) is 3.91. The van der Waals surface area contributed by atoms with Crippen LogP contribution in [0.5, 0.6) is 0 Å². The van der Waals surface area contributed by atoms with Gasteiger partial charge in [-0.05, 0) is 0 Å². The van der Waals surface area contributed by atoms with Gasteiger partial charge in [0, 0.05) is 19.1 Å². The lowest BCUT2D eigenvalue weighted by atomic mass is 10.2. The largest absolute Gasteiger partial charge is 0.378 e. The molecule has 6 heteroatoms. The second-order valence-electron chi connectivity index (χ2n) is 3.91. The molecule has 16 heavy (non-hydrogen) atoms. The number of hydrogen-bond acceptors (Lipinski definition) is 5. The minimum absolute atomic E-state index is 0.105. The van der Waals surface area contributed by atoms with E-state index >= 15 is 0 Å². The summed E-state index contributed by atoms with van der Waals surface area (Å²) in [6, 6.07) is 0.196. The van der Waals surface area contributed by atoms with Gasteiger partial charge in [0.05, 0.1) is 33.0 Å². The third kappa shape index (κ3) is 3.41. The highest BCUT2D eigenvalue weighted by atomic mass is 16.6. The molecule has 2 atom stereocenters. The topological polar surface area (TPSA) is 68.8 Å². The number of hydrogen-bond donors (Lipinski definition) is 2. The summed E-state index contributed by atoms with van der Waals surface area (Å²) in [6.07, 6.45) is -0.460. The first-order valence-corrected chi connectivity index (χ1v) is 5.64. The fourth-order valence-electron chi connectivity index (χ4n) is 1.73. The van der Waals surface area contributed by atoms with Crippen molar-refractivity contribution >= 4 is 5.91 Å². The fourth-order valence-corrected chi connectivity index (χ4v) is 1.73. The monoisotopic (exact) mass is 230 g/mol. The lowest BCUT2D eigenvalue weighted by Gasteiger charge is -2.26. The Morgan fingerprint density at radius 1 is 1.25 bits per heavy atom. The van der Waals surface area contributed by atoms with E-state index in [2.05, 4.69) is 10.6 Å². The van der Waals surface area contributed by atoms with Gasteiger partial charge >= 0.3 is 0 Å². The molecule has 92 valence electrons. The maximum Gasteiger partial charge on any atom is 0.251 e. The van der Waals surface area contributed by atoms with Crippen LogP contribution >= 0.6 is 0 Å². The molecule has 2 saturated heterocycles. The summed E-state index contributed by atoms with van der Waals surface area (Å²) in [6.45, 7) is 4.19. The number of ether oxygens (including phenoxy) is 3. The van der Waals surface area contributed by atoms with Crippen molar-refractivity contribution in [2.45, 2.75) is 12.1 Å². The Labute approximate surface area is 94.6 Å². The van der Waals surface area contributed by atoms with Crippen LogP contribution in [-0.4, -0.2) is 64.2 Å². The van der Waals surface area contributed by atoms with Crippen LogP contribution in [0.25, 0.3) is 0 Å². The van der Waals surface area contributed by atoms with Gasteiger partial charge in [0.25, 0.3) is 5.91 Å². The predicted molar refractivity (Wildman–Crippen MR) is 56.2 cm³/mol. The lowest BCUT2D eigenvalue weighted by Crippen LogP contribution is -2.51. The van der Waals surface area contributed by atoms with Crippen LogP contribution in [0.4, 0.5) is 0 Å². The van der Waals surface area contributed by atoms with E-state index < -0.39 is 6.10 Å². The van der Waals surface area contributed by atoms with Gasteiger partial charge in [-0.2, -0.15) is 0 Å². The Morgan fingerprint density at radius 2 is 2.12 bits per heavy atom. The number of morpholine rings is 1. The van der Waals surface area contributed by atoms with Crippen LogP contribution in [0.15, 0.2) is 0 Å². The van der Waals surface area contributed by atoms with E-state index in [1.165, 1.54) is 0 Å². The van der Waals surface area contributed by atoms with E-state index in [1.54, 1.807) is 0 Å². The fraction of sp³-hybridized carbons (Fsp3) is 0.900. The van der Waals surface area contributed by atoms with Gasteiger partial charge in [-0.25, -0.2) is 0 Å². The van der Waals surface area contributed by atoms with Crippen molar-refractivity contribution in [3.63, 3.8) is 0 Å². The highest BCUT2D eigenvalue weighted by Gasteiger charge is 2.23. The van der Waals surface area contributed by atoms with Crippen LogP contribution in [0.2, 0.25) is 0 Å². The van der Waals surface area contributed by atoms with Gasteiger partial charge in [0.2, 0.25) is 0 Å². The summed E-state index contributed by atoms with van der Waals surface area (Å²) in [7, 11) is 0. The average Bonchev–Trinajstić information content (AvgIpc) is 2.38. The van der Waals surface area contributed by atoms with Crippen molar-refractivity contribution in [1.29, 1.82) is 0 Å². The van der Waals surface area contributed by atoms with Crippen LogP contribution < -0.4 is 10.6 Å². The van der Waals surface area contributed by atoms with E-state index in [0.29, 0.717) is 33.0 Å². The van der Waals surface area contributed by atoms with Gasteiger partial charge in [0.1, 0.15) is 0 Å². The molecule has 0 bridgehead atoms. The average molecular weight is 230 g/mol. The van der Waals surface area contributed by atoms with Gasteiger partial charge in [-0.15, -0.1) is 0 Å². The molecule has 0 aromatic heterocycles. The van der Waals surface area contributed by atoms with Crippen molar-refractivity contribution in [3.05, 3.63) is 0 Å². The molecule has 0 aromatic rings. The molecule has 2 unspecified atom stereocenters. The number of carbonyl (C=O) groups excluding carboxylic acids is 1. The van der Waals surface area contributed by atoms with E-state index in [-0.39, 0.29) is 11.9 Å². The Hall–Kier alpha value is -0.690. The van der Waals surface area contributed by atoms with Crippen molar-refractivity contribution in [1.82, 2.24) is 10.6 Å². The molecular weight excluding hydrogens is 212 g/mol. The summed E-state index contributed by atoms with van der Waals surface area (Å²) < 4.78 is 15.7. The molecular formula is C10H18N2O4. The predicted octanol–water partition coefficient (Wildman–Crippen LogP) is -1.49. The Morgan fingerprint density at radius 3 is 2.81 bits per heavy atom. The van der Waals surface area contributed by atoms with E-state index in [1.807, 2.05) is 0 Å². The van der Waals surface area contributed by atoms with Crippen molar-refractivity contribution in [2.75, 3.05) is 46.1 Å². The van der Waals surface area contributed by atoms with Gasteiger partial charge < -0.3 is 24.8 Å². The van der Waals surface area contributed by atoms with Gasteiger partial charge in [-0.3, -0.25) is 4.79 Å². The van der Waals surface area contributed by atoms with Gasteiger partial charge in [0.15, 0.2) is 6.10 Å². The van der Waals surface area contributed by atoms with Crippen molar-refractivity contribution in [3.8, 4) is 0 Å². The molecule has 0 spiro atoms. The molecule has 2 rings (SSSR count). The maximum atomic E-state index is 11.7. The molecule has 2 aliphatic rings. The number of amides is 1. The minimum Gasteiger partial charge on any atom is -0.378 e. The highest BCUT2D eigenvalue weighted by molar-refractivity contribution is 5.81. The molecule has 0 saturated carbocycles. The molecule has 1 amide bonds. The van der Waals surface area contributed by atoms with Gasteiger partial charge in [-0.1, -0.05) is 0 Å². The quantitative estimate of drug-likeness (QED) is 0.618. The molecule has 0 aliphatic carbocycles. The second kappa shape index (κ2) is 6.15. The third-order valence-corrected chi connectivity index (χ3v) is 2.63. The summed E-state index contributed by atoms with van der Waals surface area (Å²) in [5, 5.41) is 6.10. The number of nitrogens with one attached hydrogen (secondary N) is 2. The number of rotatable bonds is 3. The van der Waals surface area contributed by atoms with Crippen LogP contribution in [-0.2, 0) is 19.0 Å². The molecule has 2 heterocycles. The first kappa shape index (κ1) is 11.8. The van der Waals surface area contributed by atoms with E-state index in [9.17, 15) is 4.79 Å². The Balaban J connectivity index is 1.65. The molecule has 0 aromatic carbocycles. The van der Waals surface area contributed by atoms with Crippen molar-refractivity contribution in [2.24, 2.45) is 0 Å². The minimum atomic E-state index is -0.460. The van der Waals surface area contributed by atoms with Crippen LogP contribution in [0.1, 0.15) is 0 Å².